The SMILES string of the molecule is Cc1ccc2cc(CN3C[C@H](C)[C@H](Oc4ccc5c(c4)CN(C4CCC(=O)NC4=O)C5=O)C3)ccc2n1. The Bertz CT molecular complexity index is 1420. The lowest BCUT2D eigenvalue weighted by molar-refractivity contribution is -0.136. The number of nitrogens with zero attached hydrogens (tertiary/aromatic N) is 3. The number of aryl methyl sites for hydroxylation is 1. The van der Waals surface area contributed by atoms with Gasteiger partial charge in [-0.25, -0.2) is 0 Å². The topological polar surface area (TPSA) is 91.8 Å². The van der Waals surface area contributed by atoms with Crippen LogP contribution < -0.4 is 10.1 Å². The van der Waals surface area contributed by atoms with Gasteiger partial charge in [0.15, 0.2) is 0 Å². The van der Waals surface area contributed by atoms with Crippen molar-refractivity contribution in [3.63, 3.8) is 0 Å². The lowest BCUT2D eigenvalue weighted by Gasteiger charge is -2.29. The fourth-order valence-corrected chi connectivity index (χ4v) is 5.75. The van der Waals surface area contributed by atoms with Crippen molar-refractivity contribution in [2.75, 3.05) is 13.1 Å². The highest BCUT2D eigenvalue weighted by Crippen LogP contribution is 2.32. The molecule has 0 radical (unpaired) electrons. The average Bonchev–Trinajstić information content (AvgIpc) is 3.37. The lowest BCUT2D eigenvalue weighted by atomic mass is 10.0. The van der Waals surface area contributed by atoms with Crippen LogP contribution in [0.5, 0.6) is 5.75 Å². The van der Waals surface area contributed by atoms with E-state index in [4.69, 9.17) is 4.74 Å². The molecule has 8 nitrogen and oxygen atoms in total. The molecule has 3 aliphatic heterocycles. The monoisotopic (exact) mass is 498 g/mol. The minimum atomic E-state index is -0.611. The molecule has 2 aromatic carbocycles. The van der Waals surface area contributed by atoms with Gasteiger partial charge in [0.1, 0.15) is 17.9 Å². The van der Waals surface area contributed by atoms with Crippen molar-refractivity contribution in [1.29, 1.82) is 0 Å². The van der Waals surface area contributed by atoms with Crippen LogP contribution in [0.2, 0.25) is 0 Å². The van der Waals surface area contributed by atoms with E-state index < -0.39 is 11.9 Å². The van der Waals surface area contributed by atoms with Crippen molar-refractivity contribution in [2.45, 2.75) is 51.9 Å². The molecule has 2 saturated heterocycles. The number of pyridine rings is 1. The van der Waals surface area contributed by atoms with Gasteiger partial charge in [-0.3, -0.25) is 29.6 Å². The lowest BCUT2D eigenvalue weighted by Crippen LogP contribution is -2.52. The third kappa shape index (κ3) is 4.57. The van der Waals surface area contributed by atoms with Gasteiger partial charge >= 0.3 is 0 Å². The number of benzene rings is 2. The van der Waals surface area contributed by atoms with Gasteiger partial charge in [-0.15, -0.1) is 0 Å². The Kier molecular flexibility index (Phi) is 5.91. The van der Waals surface area contributed by atoms with Gasteiger partial charge in [0.2, 0.25) is 11.8 Å². The summed E-state index contributed by atoms with van der Waals surface area (Å²) < 4.78 is 6.41. The van der Waals surface area contributed by atoms with Crippen LogP contribution in [0, 0.1) is 12.8 Å². The summed E-state index contributed by atoms with van der Waals surface area (Å²) in [6.45, 7) is 7.19. The summed E-state index contributed by atoms with van der Waals surface area (Å²) >= 11 is 0. The van der Waals surface area contributed by atoms with Crippen LogP contribution in [0.25, 0.3) is 10.9 Å². The first-order chi connectivity index (χ1) is 17.8. The minimum absolute atomic E-state index is 0.0474. The van der Waals surface area contributed by atoms with Crippen LogP contribution in [0.15, 0.2) is 48.5 Å². The van der Waals surface area contributed by atoms with E-state index in [0.29, 0.717) is 24.4 Å². The van der Waals surface area contributed by atoms with E-state index in [9.17, 15) is 14.4 Å². The molecule has 0 bridgehead atoms. The molecule has 3 amide bonds. The zero-order valence-electron chi connectivity index (χ0n) is 21.1. The quantitative estimate of drug-likeness (QED) is 0.544. The highest BCUT2D eigenvalue weighted by atomic mass is 16.5. The van der Waals surface area contributed by atoms with Crippen molar-refractivity contribution >= 4 is 28.6 Å². The van der Waals surface area contributed by atoms with E-state index in [0.717, 1.165) is 47.5 Å². The first-order valence-corrected chi connectivity index (χ1v) is 12.9. The van der Waals surface area contributed by atoms with Crippen LogP contribution in [0.3, 0.4) is 0 Å². The van der Waals surface area contributed by atoms with Crippen LogP contribution in [-0.2, 0) is 22.7 Å². The molecule has 3 aliphatic rings. The second-order valence-electron chi connectivity index (χ2n) is 10.5. The Morgan fingerprint density at radius 2 is 1.92 bits per heavy atom. The molecule has 8 heteroatoms. The number of hydrogen-bond donors (Lipinski definition) is 1. The van der Waals surface area contributed by atoms with Crippen molar-refractivity contribution in [3.8, 4) is 5.75 Å². The molecule has 37 heavy (non-hydrogen) atoms. The zero-order valence-corrected chi connectivity index (χ0v) is 21.1. The van der Waals surface area contributed by atoms with Gasteiger partial charge < -0.3 is 9.64 Å². The van der Waals surface area contributed by atoms with Gasteiger partial charge in [-0.2, -0.15) is 0 Å². The third-order valence-electron chi connectivity index (χ3n) is 7.70. The second kappa shape index (κ2) is 9.27. The summed E-state index contributed by atoms with van der Waals surface area (Å²) in [5, 5.41) is 3.50. The Labute approximate surface area is 215 Å². The molecular weight excluding hydrogens is 468 g/mol. The van der Waals surface area contributed by atoms with Gasteiger partial charge in [0, 0.05) is 55.2 Å². The maximum absolute atomic E-state index is 13.0. The third-order valence-corrected chi connectivity index (χ3v) is 7.70. The predicted molar refractivity (Wildman–Crippen MR) is 138 cm³/mol. The van der Waals surface area contributed by atoms with Gasteiger partial charge in [0.25, 0.3) is 5.91 Å². The first kappa shape index (κ1) is 23.6. The number of rotatable bonds is 5. The Hall–Kier alpha value is -3.78. The van der Waals surface area contributed by atoms with Crippen molar-refractivity contribution < 1.29 is 19.1 Å². The van der Waals surface area contributed by atoms with Crippen LogP contribution in [0.4, 0.5) is 0 Å². The molecule has 0 aliphatic carbocycles. The summed E-state index contributed by atoms with van der Waals surface area (Å²) in [6, 6.07) is 15.6. The molecule has 4 heterocycles. The highest BCUT2D eigenvalue weighted by molar-refractivity contribution is 6.05. The number of ether oxygens (including phenoxy) is 1. The fourth-order valence-electron chi connectivity index (χ4n) is 5.75. The summed E-state index contributed by atoms with van der Waals surface area (Å²) in [7, 11) is 0. The molecular formula is C29H30N4O4. The van der Waals surface area contributed by atoms with Gasteiger partial charge in [-0.05, 0) is 60.9 Å². The molecule has 0 saturated carbocycles. The molecule has 1 aromatic heterocycles. The highest BCUT2D eigenvalue weighted by Gasteiger charge is 2.39. The predicted octanol–water partition coefficient (Wildman–Crippen LogP) is 3.20. The number of nitrogens with one attached hydrogen (secondary N) is 1. The number of carbonyl (C=O) groups excluding carboxylic acids is 3. The molecule has 1 N–H and O–H groups in total. The van der Waals surface area contributed by atoms with Crippen molar-refractivity contribution in [2.24, 2.45) is 5.92 Å². The second-order valence-corrected chi connectivity index (χ2v) is 10.5. The van der Waals surface area contributed by atoms with Gasteiger partial charge in [-0.1, -0.05) is 19.1 Å². The number of aromatic nitrogens is 1. The molecule has 2 fully saturated rings. The summed E-state index contributed by atoms with van der Waals surface area (Å²) in [5.74, 6) is 0.249. The standard InChI is InChI=1S/C29H30N4O4/c1-17-13-32(14-19-4-8-24-20(11-19)5-3-18(2)30-24)16-26(17)37-22-6-7-23-21(12-22)15-33(29(23)36)25-9-10-27(34)31-28(25)35/h3-8,11-12,17,25-26H,9-10,13-16H2,1-2H3,(H,31,34,35)/t17-,25?,26+/m0/s1. The van der Waals surface area contributed by atoms with E-state index in [2.05, 4.69) is 46.4 Å². The summed E-state index contributed by atoms with van der Waals surface area (Å²) in [4.78, 5) is 45.3. The molecule has 1 unspecified atom stereocenters. The number of hydrogen-bond acceptors (Lipinski definition) is 6. The van der Waals surface area contributed by atoms with Crippen LogP contribution >= 0.6 is 0 Å². The molecule has 6 rings (SSSR count). The summed E-state index contributed by atoms with van der Waals surface area (Å²) in [6.07, 6.45) is 0.652. The summed E-state index contributed by atoms with van der Waals surface area (Å²) in [5.41, 5.74) is 4.75. The number of amides is 3. The van der Waals surface area contributed by atoms with E-state index in [-0.39, 0.29) is 24.3 Å². The minimum Gasteiger partial charge on any atom is -0.489 e. The number of piperidine rings is 1. The molecule has 3 atom stereocenters. The van der Waals surface area contributed by atoms with Crippen LogP contribution in [0.1, 0.15) is 46.9 Å². The molecule has 190 valence electrons. The fraction of sp³-hybridized carbons (Fsp3) is 0.379. The Morgan fingerprint density at radius 3 is 2.76 bits per heavy atom. The molecule has 0 spiro atoms. The maximum atomic E-state index is 13.0. The van der Waals surface area contributed by atoms with Crippen molar-refractivity contribution in [3.05, 3.63) is 70.9 Å². The van der Waals surface area contributed by atoms with Gasteiger partial charge in [0.05, 0.1) is 5.52 Å². The number of likely N-dealkylation sites (tertiary alicyclic amines) is 1. The molecule has 3 aromatic rings. The normalized spacial score (nSPS) is 24.0. The van der Waals surface area contributed by atoms with E-state index in [1.807, 2.05) is 25.1 Å². The van der Waals surface area contributed by atoms with E-state index in [1.54, 1.807) is 11.0 Å². The zero-order chi connectivity index (χ0) is 25.7. The van der Waals surface area contributed by atoms with Crippen LogP contribution in [-0.4, -0.2) is 57.7 Å². The maximum Gasteiger partial charge on any atom is 0.255 e. The number of imide groups is 1. The number of fused-ring (bicyclic) bond motifs is 2. The Balaban J connectivity index is 1.11. The smallest absolute Gasteiger partial charge is 0.255 e. The van der Waals surface area contributed by atoms with Crippen molar-refractivity contribution in [1.82, 2.24) is 20.1 Å². The largest absolute Gasteiger partial charge is 0.489 e. The van der Waals surface area contributed by atoms with E-state index in [1.165, 1.54) is 5.56 Å². The number of carbonyl (C=O) groups is 3. The van der Waals surface area contributed by atoms with E-state index >= 15 is 0 Å². The Morgan fingerprint density at radius 1 is 1.05 bits per heavy atom. The average molecular weight is 499 g/mol. The first-order valence-electron chi connectivity index (χ1n) is 12.9.